The highest BCUT2D eigenvalue weighted by atomic mass is 16.5. The molecule has 180 valence electrons. The molecule has 0 bridgehead atoms. The summed E-state index contributed by atoms with van der Waals surface area (Å²) in [5.74, 6) is 2.22. The minimum atomic E-state index is -0.881. The van der Waals surface area contributed by atoms with Crippen LogP contribution >= 0.6 is 0 Å². The third-order valence-electron chi connectivity index (χ3n) is 8.18. The van der Waals surface area contributed by atoms with Crippen LogP contribution in [0, 0.1) is 11.8 Å². The van der Waals surface area contributed by atoms with Crippen molar-refractivity contribution >= 4 is 16.7 Å². The molecule has 1 aliphatic heterocycles. The van der Waals surface area contributed by atoms with Crippen LogP contribution in [0.25, 0.3) is 16.7 Å². The monoisotopic (exact) mass is 461 g/mol. The van der Waals surface area contributed by atoms with Crippen molar-refractivity contribution in [3.8, 4) is 5.82 Å². The number of ether oxygens (including phenoxy) is 1. The molecule has 1 unspecified atom stereocenters. The normalized spacial score (nSPS) is 26.4. The molecule has 3 aromatic rings. The Morgan fingerprint density at radius 1 is 1.15 bits per heavy atom. The minimum Gasteiger partial charge on any atom is -0.385 e. The van der Waals surface area contributed by atoms with E-state index in [1.54, 1.807) is 13.2 Å². The van der Waals surface area contributed by atoms with Gasteiger partial charge in [-0.25, -0.2) is 14.6 Å². The fourth-order valence-corrected chi connectivity index (χ4v) is 5.61. The number of benzene rings is 1. The van der Waals surface area contributed by atoms with Gasteiger partial charge in [-0.1, -0.05) is 45.4 Å². The van der Waals surface area contributed by atoms with Gasteiger partial charge in [0.05, 0.1) is 17.3 Å². The standard InChI is InChI=1S/C27H35N5O2/c1-6-27(33)18(2)15-31(16-19(27)3)24-13-25(30-23(29-24)17-34-5)32-22-12-21(26(4)10-7-11-26)9-8-20(22)14-28-32/h6,8-9,12-14,18-19,33H,1,7,10-11,15-17H2,2-5H3/t18-,19+,27?. The van der Waals surface area contributed by atoms with Crippen LogP contribution < -0.4 is 4.90 Å². The third kappa shape index (κ3) is 3.71. The zero-order chi connectivity index (χ0) is 24.1. The molecule has 1 N–H and O–H groups in total. The van der Waals surface area contributed by atoms with Gasteiger partial charge in [0.2, 0.25) is 0 Å². The highest BCUT2D eigenvalue weighted by molar-refractivity contribution is 5.81. The van der Waals surface area contributed by atoms with Crippen LogP contribution in [0.2, 0.25) is 0 Å². The van der Waals surface area contributed by atoms with E-state index in [0.717, 1.165) is 22.5 Å². The summed E-state index contributed by atoms with van der Waals surface area (Å²) in [6, 6.07) is 8.68. The first-order chi connectivity index (χ1) is 16.3. The zero-order valence-corrected chi connectivity index (χ0v) is 20.7. The van der Waals surface area contributed by atoms with E-state index in [2.05, 4.69) is 50.4 Å². The van der Waals surface area contributed by atoms with Crippen molar-refractivity contribution in [1.82, 2.24) is 19.7 Å². The first-order valence-electron chi connectivity index (χ1n) is 12.2. The molecule has 5 rings (SSSR count). The van der Waals surface area contributed by atoms with Crippen LogP contribution in [0.3, 0.4) is 0 Å². The maximum Gasteiger partial charge on any atom is 0.159 e. The van der Waals surface area contributed by atoms with Crippen LogP contribution in [-0.2, 0) is 16.8 Å². The maximum atomic E-state index is 11.0. The summed E-state index contributed by atoms with van der Waals surface area (Å²) in [4.78, 5) is 11.8. The van der Waals surface area contributed by atoms with E-state index in [9.17, 15) is 5.11 Å². The van der Waals surface area contributed by atoms with Crippen molar-refractivity contribution in [2.75, 3.05) is 25.1 Å². The van der Waals surface area contributed by atoms with E-state index in [1.165, 1.54) is 24.8 Å². The highest BCUT2D eigenvalue weighted by Crippen LogP contribution is 2.44. The minimum absolute atomic E-state index is 0.0225. The maximum absolute atomic E-state index is 11.0. The van der Waals surface area contributed by atoms with Gasteiger partial charge in [0, 0.05) is 43.5 Å². The number of hydrogen-bond donors (Lipinski definition) is 1. The van der Waals surface area contributed by atoms with Gasteiger partial charge in [0.25, 0.3) is 0 Å². The molecule has 0 radical (unpaired) electrons. The lowest BCUT2D eigenvalue weighted by atomic mass is 9.66. The number of rotatable bonds is 6. The van der Waals surface area contributed by atoms with Gasteiger partial charge in [0.1, 0.15) is 12.4 Å². The van der Waals surface area contributed by atoms with Crippen LogP contribution in [-0.4, -0.2) is 50.7 Å². The van der Waals surface area contributed by atoms with Crippen molar-refractivity contribution in [3.63, 3.8) is 0 Å². The fourth-order valence-electron chi connectivity index (χ4n) is 5.61. The number of aromatic nitrogens is 4. The molecule has 7 heteroatoms. The fraction of sp³-hybridized carbons (Fsp3) is 0.519. The Hall–Kier alpha value is -2.77. The second-order valence-electron chi connectivity index (χ2n) is 10.5. The lowest BCUT2D eigenvalue weighted by molar-refractivity contribution is -0.0231. The van der Waals surface area contributed by atoms with E-state index in [-0.39, 0.29) is 17.3 Å². The molecule has 3 atom stereocenters. The van der Waals surface area contributed by atoms with Crippen LogP contribution in [0.5, 0.6) is 0 Å². The van der Waals surface area contributed by atoms with E-state index in [1.807, 2.05) is 16.9 Å². The van der Waals surface area contributed by atoms with Gasteiger partial charge < -0.3 is 14.7 Å². The summed E-state index contributed by atoms with van der Waals surface area (Å²) in [5.41, 5.74) is 1.79. The first kappa shape index (κ1) is 23.0. The van der Waals surface area contributed by atoms with Gasteiger partial charge in [-0.3, -0.25) is 0 Å². The number of methoxy groups -OCH3 is 1. The predicted molar refractivity (Wildman–Crippen MR) is 134 cm³/mol. The Kier molecular flexibility index (Phi) is 5.73. The molecule has 3 heterocycles. The number of hydrogen-bond acceptors (Lipinski definition) is 6. The van der Waals surface area contributed by atoms with Crippen molar-refractivity contribution in [2.45, 2.75) is 57.7 Å². The second-order valence-corrected chi connectivity index (χ2v) is 10.5. The van der Waals surface area contributed by atoms with Gasteiger partial charge in [-0.15, -0.1) is 6.58 Å². The molecule has 2 aliphatic rings. The Bertz CT molecular complexity index is 1200. The highest BCUT2D eigenvalue weighted by Gasteiger charge is 2.42. The molecule has 0 spiro atoms. The lowest BCUT2D eigenvalue weighted by Gasteiger charge is -2.46. The molecular weight excluding hydrogens is 426 g/mol. The second kappa shape index (κ2) is 8.47. The molecule has 2 fully saturated rings. The average Bonchev–Trinajstić information content (AvgIpc) is 3.24. The van der Waals surface area contributed by atoms with Crippen molar-refractivity contribution in [2.24, 2.45) is 11.8 Å². The molecule has 1 aromatic carbocycles. The summed E-state index contributed by atoms with van der Waals surface area (Å²) in [6.07, 6.45) is 7.33. The van der Waals surface area contributed by atoms with Gasteiger partial charge >= 0.3 is 0 Å². The summed E-state index contributed by atoms with van der Waals surface area (Å²) in [6.45, 7) is 12.0. The quantitative estimate of drug-likeness (QED) is 0.548. The topological polar surface area (TPSA) is 76.3 Å². The summed E-state index contributed by atoms with van der Waals surface area (Å²) in [7, 11) is 1.65. The number of piperidine rings is 1. The lowest BCUT2D eigenvalue weighted by Crippen LogP contribution is -2.55. The Morgan fingerprint density at radius 3 is 2.47 bits per heavy atom. The Balaban J connectivity index is 1.56. The molecular formula is C27H35N5O2. The molecule has 1 saturated carbocycles. The van der Waals surface area contributed by atoms with Crippen LogP contribution in [0.15, 0.2) is 43.1 Å². The van der Waals surface area contributed by atoms with E-state index < -0.39 is 5.60 Å². The number of fused-ring (bicyclic) bond motifs is 1. The first-order valence-corrected chi connectivity index (χ1v) is 12.2. The number of aliphatic hydroxyl groups is 1. The molecule has 34 heavy (non-hydrogen) atoms. The van der Waals surface area contributed by atoms with Gasteiger partial charge in [0.15, 0.2) is 11.6 Å². The smallest absolute Gasteiger partial charge is 0.159 e. The molecule has 7 nitrogen and oxygen atoms in total. The average molecular weight is 462 g/mol. The van der Waals surface area contributed by atoms with E-state index in [4.69, 9.17) is 19.8 Å². The van der Waals surface area contributed by atoms with Crippen molar-refractivity contribution < 1.29 is 9.84 Å². The molecule has 1 aliphatic carbocycles. The van der Waals surface area contributed by atoms with Crippen LogP contribution in [0.1, 0.15) is 51.4 Å². The molecule has 2 aromatic heterocycles. The summed E-state index contributed by atoms with van der Waals surface area (Å²) < 4.78 is 7.30. The molecule has 0 amide bonds. The van der Waals surface area contributed by atoms with Crippen molar-refractivity contribution in [1.29, 1.82) is 0 Å². The Labute approximate surface area is 201 Å². The SMILES string of the molecule is C=CC1(O)[C@H](C)CN(c2cc(-n3ncc4ccc(C5(C)CCC5)cc43)nc(COC)n2)C[C@@H]1C. The van der Waals surface area contributed by atoms with E-state index >= 15 is 0 Å². The number of nitrogens with zero attached hydrogens (tertiary/aromatic N) is 5. The molecule has 1 saturated heterocycles. The van der Waals surface area contributed by atoms with Gasteiger partial charge in [-0.05, 0) is 29.9 Å². The zero-order valence-electron chi connectivity index (χ0n) is 20.7. The van der Waals surface area contributed by atoms with Gasteiger partial charge in [-0.2, -0.15) is 5.10 Å². The predicted octanol–water partition coefficient (Wildman–Crippen LogP) is 4.41. The summed E-state index contributed by atoms with van der Waals surface area (Å²) in [5, 5.41) is 16.8. The Morgan fingerprint density at radius 2 is 1.85 bits per heavy atom. The van der Waals surface area contributed by atoms with E-state index in [0.29, 0.717) is 25.5 Å². The third-order valence-corrected chi connectivity index (χ3v) is 8.18. The number of anilines is 1. The summed E-state index contributed by atoms with van der Waals surface area (Å²) >= 11 is 0. The van der Waals surface area contributed by atoms with Crippen molar-refractivity contribution in [3.05, 3.63) is 54.5 Å². The largest absolute Gasteiger partial charge is 0.385 e. The van der Waals surface area contributed by atoms with Crippen LogP contribution in [0.4, 0.5) is 5.82 Å².